The van der Waals surface area contributed by atoms with Gasteiger partial charge in [-0.1, -0.05) is 30.3 Å². The van der Waals surface area contributed by atoms with E-state index in [-0.39, 0.29) is 12.5 Å². The van der Waals surface area contributed by atoms with Gasteiger partial charge in [0.1, 0.15) is 6.54 Å². The van der Waals surface area contributed by atoms with Crippen LogP contribution in [0, 0.1) is 0 Å². The molecule has 0 unspecified atom stereocenters. The van der Waals surface area contributed by atoms with Crippen molar-refractivity contribution >= 4 is 40.2 Å². The molecule has 6 heteroatoms. The molecule has 1 N–H and O–H groups in total. The summed E-state index contributed by atoms with van der Waals surface area (Å²) in [4.78, 5) is 25.5. The summed E-state index contributed by atoms with van der Waals surface area (Å²) < 4.78 is 6.60. The third kappa shape index (κ3) is 3.53. The van der Waals surface area contributed by atoms with E-state index in [1.165, 1.54) is 7.11 Å². The van der Waals surface area contributed by atoms with E-state index >= 15 is 0 Å². The topological polar surface area (TPSA) is 60.3 Å². The van der Waals surface area contributed by atoms with Crippen molar-refractivity contribution in [3.05, 3.63) is 60.3 Å². The number of rotatable bonds is 5. The highest BCUT2D eigenvalue weighted by atomic mass is 32.2. The van der Waals surface area contributed by atoms with E-state index in [0.29, 0.717) is 5.56 Å². The lowest BCUT2D eigenvalue weighted by Crippen LogP contribution is -2.18. The van der Waals surface area contributed by atoms with Crippen molar-refractivity contribution in [3.8, 4) is 0 Å². The van der Waals surface area contributed by atoms with E-state index in [1.807, 2.05) is 54.8 Å². The number of nitrogens with one attached hydrogen (secondary N) is 1. The molecule has 0 aliphatic carbocycles. The number of esters is 1. The molecule has 0 aliphatic rings. The average molecular weight is 354 g/mol. The highest BCUT2D eigenvalue weighted by Gasteiger charge is 2.16. The van der Waals surface area contributed by atoms with Gasteiger partial charge < -0.3 is 14.6 Å². The van der Waals surface area contributed by atoms with Crippen LogP contribution in [0.2, 0.25) is 0 Å². The Morgan fingerprint density at radius 3 is 2.60 bits per heavy atom. The van der Waals surface area contributed by atoms with Crippen LogP contribution in [0.4, 0.5) is 5.69 Å². The van der Waals surface area contributed by atoms with Crippen LogP contribution < -0.4 is 5.32 Å². The molecule has 2 aromatic carbocycles. The Labute approximate surface area is 150 Å². The second-order valence-corrected chi connectivity index (χ2v) is 6.28. The van der Waals surface area contributed by atoms with Gasteiger partial charge in [0.15, 0.2) is 0 Å². The normalized spacial score (nSPS) is 10.6. The van der Waals surface area contributed by atoms with Gasteiger partial charge in [0, 0.05) is 22.0 Å². The molecule has 0 atom stereocenters. The minimum Gasteiger partial charge on any atom is -0.465 e. The lowest BCUT2D eigenvalue weighted by atomic mass is 10.2. The number of thioether (sulfide) groups is 1. The number of para-hydroxylation sites is 2. The van der Waals surface area contributed by atoms with Crippen LogP contribution in [0.3, 0.4) is 0 Å². The van der Waals surface area contributed by atoms with Gasteiger partial charge in [0.25, 0.3) is 0 Å². The predicted octanol–water partition coefficient (Wildman–Crippen LogP) is 3.79. The third-order valence-corrected chi connectivity index (χ3v) is 4.68. The molecule has 3 rings (SSSR count). The Bertz CT molecular complexity index is 933. The SMILES string of the molecule is COC(=O)c1cn(CC(=O)Nc2ccccc2SC)c2ccccc12. The van der Waals surface area contributed by atoms with Crippen molar-refractivity contribution in [1.29, 1.82) is 0 Å². The van der Waals surface area contributed by atoms with Crippen LogP contribution in [-0.2, 0) is 16.1 Å². The van der Waals surface area contributed by atoms with Crippen LogP contribution in [0.15, 0.2) is 59.6 Å². The van der Waals surface area contributed by atoms with Gasteiger partial charge in [0.05, 0.1) is 18.4 Å². The van der Waals surface area contributed by atoms with Crippen LogP contribution >= 0.6 is 11.8 Å². The fourth-order valence-electron chi connectivity index (χ4n) is 2.74. The number of ether oxygens (including phenoxy) is 1. The Morgan fingerprint density at radius 1 is 1.12 bits per heavy atom. The monoisotopic (exact) mass is 354 g/mol. The van der Waals surface area contributed by atoms with Crippen molar-refractivity contribution in [1.82, 2.24) is 4.57 Å². The van der Waals surface area contributed by atoms with Gasteiger partial charge in [-0.05, 0) is 24.5 Å². The van der Waals surface area contributed by atoms with Crippen LogP contribution in [0.5, 0.6) is 0 Å². The first-order valence-electron chi connectivity index (χ1n) is 7.73. The fraction of sp³-hybridized carbons (Fsp3) is 0.158. The van der Waals surface area contributed by atoms with Crippen LogP contribution in [0.25, 0.3) is 10.9 Å². The molecular weight excluding hydrogens is 336 g/mol. The summed E-state index contributed by atoms with van der Waals surface area (Å²) in [5.74, 6) is -0.568. The Morgan fingerprint density at radius 2 is 1.84 bits per heavy atom. The molecule has 0 bridgehead atoms. The molecule has 1 heterocycles. The number of benzene rings is 2. The molecule has 0 spiro atoms. The van der Waals surface area contributed by atoms with E-state index in [2.05, 4.69) is 5.32 Å². The minimum absolute atomic E-state index is 0.111. The van der Waals surface area contributed by atoms with Crippen molar-refractivity contribution < 1.29 is 14.3 Å². The molecule has 1 aromatic heterocycles. The van der Waals surface area contributed by atoms with Gasteiger partial charge in [0.2, 0.25) is 5.91 Å². The molecule has 1 amide bonds. The number of aromatic nitrogens is 1. The van der Waals surface area contributed by atoms with Crippen molar-refractivity contribution in [2.75, 3.05) is 18.7 Å². The van der Waals surface area contributed by atoms with E-state index in [9.17, 15) is 9.59 Å². The molecule has 5 nitrogen and oxygen atoms in total. The first-order chi connectivity index (χ1) is 12.1. The second-order valence-electron chi connectivity index (χ2n) is 5.43. The number of hydrogen-bond donors (Lipinski definition) is 1. The maximum atomic E-state index is 12.5. The first-order valence-corrected chi connectivity index (χ1v) is 8.95. The number of carbonyl (C=O) groups is 2. The zero-order valence-electron chi connectivity index (χ0n) is 14.0. The van der Waals surface area contributed by atoms with E-state index in [4.69, 9.17) is 4.74 Å². The quantitative estimate of drug-likeness (QED) is 0.559. The molecule has 0 saturated carbocycles. The van der Waals surface area contributed by atoms with Gasteiger partial charge in [-0.3, -0.25) is 4.79 Å². The Kier molecular flexibility index (Phi) is 5.09. The van der Waals surface area contributed by atoms with Gasteiger partial charge >= 0.3 is 5.97 Å². The molecule has 25 heavy (non-hydrogen) atoms. The van der Waals surface area contributed by atoms with E-state index in [1.54, 1.807) is 22.5 Å². The standard InChI is InChI=1S/C19H18N2O3S/c1-24-19(23)14-11-21(16-9-5-3-7-13(14)16)12-18(22)20-15-8-4-6-10-17(15)25-2/h3-11H,12H2,1-2H3,(H,20,22). The highest BCUT2D eigenvalue weighted by Crippen LogP contribution is 2.25. The summed E-state index contributed by atoms with van der Waals surface area (Å²) in [6, 6.07) is 15.1. The smallest absolute Gasteiger partial charge is 0.340 e. The summed E-state index contributed by atoms with van der Waals surface area (Å²) >= 11 is 1.57. The zero-order chi connectivity index (χ0) is 17.8. The number of carbonyl (C=O) groups excluding carboxylic acids is 2. The summed E-state index contributed by atoms with van der Waals surface area (Å²) in [6.07, 6.45) is 3.63. The Balaban J connectivity index is 1.88. The molecule has 3 aromatic rings. The number of amides is 1. The lowest BCUT2D eigenvalue weighted by Gasteiger charge is -2.10. The molecular formula is C19H18N2O3S. The van der Waals surface area contributed by atoms with Gasteiger partial charge in [-0.15, -0.1) is 11.8 Å². The third-order valence-electron chi connectivity index (χ3n) is 3.89. The van der Waals surface area contributed by atoms with E-state index in [0.717, 1.165) is 21.5 Å². The average Bonchev–Trinajstić information content (AvgIpc) is 3.00. The maximum absolute atomic E-state index is 12.5. The maximum Gasteiger partial charge on any atom is 0.340 e. The molecule has 0 fully saturated rings. The van der Waals surface area contributed by atoms with Crippen molar-refractivity contribution in [2.24, 2.45) is 0 Å². The largest absolute Gasteiger partial charge is 0.465 e. The van der Waals surface area contributed by atoms with Gasteiger partial charge in [-0.2, -0.15) is 0 Å². The Hall–Kier alpha value is -2.73. The number of hydrogen-bond acceptors (Lipinski definition) is 4. The summed E-state index contributed by atoms with van der Waals surface area (Å²) in [7, 11) is 1.35. The number of anilines is 1. The highest BCUT2D eigenvalue weighted by molar-refractivity contribution is 7.98. The number of nitrogens with zero attached hydrogens (tertiary/aromatic N) is 1. The fourth-order valence-corrected chi connectivity index (χ4v) is 3.30. The first kappa shape index (κ1) is 17.1. The number of fused-ring (bicyclic) bond motifs is 1. The number of methoxy groups -OCH3 is 1. The van der Waals surface area contributed by atoms with Crippen molar-refractivity contribution in [3.63, 3.8) is 0 Å². The second kappa shape index (κ2) is 7.44. The summed E-state index contributed by atoms with van der Waals surface area (Å²) in [5.41, 5.74) is 2.05. The molecule has 128 valence electrons. The minimum atomic E-state index is -0.414. The van der Waals surface area contributed by atoms with Crippen LogP contribution in [-0.4, -0.2) is 29.8 Å². The summed E-state index contributed by atoms with van der Waals surface area (Å²) in [5, 5.41) is 3.70. The predicted molar refractivity (Wildman–Crippen MR) is 100 cm³/mol. The zero-order valence-corrected chi connectivity index (χ0v) is 14.8. The molecule has 0 aliphatic heterocycles. The van der Waals surface area contributed by atoms with Crippen molar-refractivity contribution in [2.45, 2.75) is 11.4 Å². The van der Waals surface area contributed by atoms with Crippen LogP contribution in [0.1, 0.15) is 10.4 Å². The molecule has 0 saturated heterocycles. The lowest BCUT2D eigenvalue weighted by molar-refractivity contribution is -0.116. The van der Waals surface area contributed by atoms with Gasteiger partial charge in [-0.25, -0.2) is 4.79 Å². The molecule has 0 radical (unpaired) electrons. The van der Waals surface area contributed by atoms with E-state index < -0.39 is 5.97 Å². The summed E-state index contributed by atoms with van der Waals surface area (Å²) in [6.45, 7) is 0.111.